The summed E-state index contributed by atoms with van der Waals surface area (Å²) in [6, 6.07) is 0. The van der Waals surface area contributed by atoms with Crippen molar-refractivity contribution in [2.45, 2.75) is 19.4 Å². The number of aromatic carboxylic acids is 1. The maximum Gasteiger partial charge on any atom is 0.342 e. The minimum atomic E-state index is -1.28. The van der Waals surface area contributed by atoms with E-state index in [-0.39, 0.29) is 11.7 Å². The fraction of sp³-hybridized carbons (Fsp3) is 0.444. The van der Waals surface area contributed by atoms with E-state index in [2.05, 4.69) is 9.97 Å². The molecule has 1 heterocycles. The molecule has 0 fully saturated rings. The average Bonchev–Trinajstić information content (AvgIpc) is 2.17. The Labute approximate surface area is 85.9 Å². The van der Waals surface area contributed by atoms with Crippen LogP contribution in [0.15, 0.2) is 11.0 Å². The first kappa shape index (κ1) is 11.4. The number of aromatic amines is 1. The largest absolute Gasteiger partial charge is 0.477 e. The average molecular weight is 212 g/mol. The number of nitrogens with zero attached hydrogens (tertiary/aromatic N) is 1. The van der Waals surface area contributed by atoms with Crippen LogP contribution in [0, 0.1) is 0 Å². The summed E-state index contributed by atoms with van der Waals surface area (Å²) in [5.74, 6) is -0.866. The van der Waals surface area contributed by atoms with Crippen LogP contribution in [0.2, 0.25) is 0 Å². The number of carboxylic acid groups (broad SMARTS) is 1. The lowest BCUT2D eigenvalue weighted by atomic mass is 10.2. The van der Waals surface area contributed by atoms with Gasteiger partial charge in [0, 0.05) is 19.7 Å². The van der Waals surface area contributed by atoms with Gasteiger partial charge < -0.3 is 14.8 Å². The van der Waals surface area contributed by atoms with E-state index >= 15 is 0 Å². The van der Waals surface area contributed by atoms with Crippen molar-refractivity contribution in [3.8, 4) is 0 Å². The highest BCUT2D eigenvalue weighted by Gasteiger charge is 2.10. The monoisotopic (exact) mass is 212 g/mol. The maximum atomic E-state index is 11.2. The second-order valence-corrected chi connectivity index (χ2v) is 3.13. The molecule has 0 spiro atoms. The lowest BCUT2D eigenvalue weighted by Gasteiger charge is -2.07. The number of carbonyl (C=O) groups is 1. The number of hydrogen-bond donors (Lipinski definition) is 2. The third-order valence-corrected chi connectivity index (χ3v) is 1.97. The lowest BCUT2D eigenvalue weighted by molar-refractivity contribution is 0.0694. The molecule has 0 bridgehead atoms. The number of aromatic nitrogens is 2. The summed E-state index contributed by atoms with van der Waals surface area (Å²) in [6.07, 6.45) is 1.41. The number of carboxylic acids is 1. The van der Waals surface area contributed by atoms with E-state index < -0.39 is 11.5 Å². The highest BCUT2D eigenvalue weighted by molar-refractivity contribution is 5.86. The van der Waals surface area contributed by atoms with E-state index in [1.165, 1.54) is 0 Å². The van der Waals surface area contributed by atoms with Gasteiger partial charge in [-0.05, 0) is 6.92 Å². The van der Waals surface area contributed by atoms with Crippen LogP contribution in [0.5, 0.6) is 0 Å². The molecule has 1 atom stereocenters. The molecule has 82 valence electrons. The molecule has 6 nitrogen and oxygen atoms in total. The number of hydrogen-bond acceptors (Lipinski definition) is 4. The van der Waals surface area contributed by atoms with Crippen molar-refractivity contribution in [3.05, 3.63) is 27.9 Å². The molecule has 2 N–H and O–H groups in total. The molecule has 0 amide bonds. The molecule has 1 unspecified atom stereocenters. The second-order valence-electron chi connectivity index (χ2n) is 3.13. The Kier molecular flexibility index (Phi) is 3.56. The first-order valence-corrected chi connectivity index (χ1v) is 4.39. The minimum Gasteiger partial charge on any atom is -0.477 e. The summed E-state index contributed by atoms with van der Waals surface area (Å²) in [5.41, 5.74) is -1.00. The summed E-state index contributed by atoms with van der Waals surface area (Å²) < 4.78 is 4.99. The SMILES string of the molecule is COC(C)Cc1ncc(C(=O)O)c(=O)[nH]1. The third-order valence-electron chi connectivity index (χ3n) is 1.97. The van der Waals surface area contributed by atoms with Crippen LogP contribution < -0.4 is 5.56 Å². The molecule has 15 heavy (non-hydrogen) atoms. The van der Waals surface area contributed by atoms with E-state index in [0.717, 1.165) is 6.20 Å². The van der Waals surface area contributed by atoms with Crippen LogP contribution in [-0.2, 0) is 11.2 Å². The molecule has 0 aliphatic heterocycles. The van der Waals surface area contributed by atoms with Gasteiger partial charge in [-0.15, -0.1) is 0 Å². The summed E-state index contributed by atoms with van der Waals surface area (Å²) in [7, 11) is 1.55. The number of H-pyrrole nitrogens is 1. The summed E-state index contributed by atoms with van der Waals surface area (Å²) in [5, 5.41) is 8.60. The molecule has 1 aromatic heterocycles. The van der Waals surface area contributed by atoms with E-state index in [1.54, 1.807) is 7.11 Å². The van der Waals surface area contributed by atoms with Crippen molar-refractivity contribution in [2.24, 2.45) is 0 Å². The first-order valence-electron chi connectivity index (χ1n) is 4.39. The van der Waals surface area contributed by atoms with E-state index in [4.69, 9.17) is 9.84 Å². The Bertz CT molecular complexity index is 413. The lowest BCUT2D eigenvalue weighted by Crippen LogP contribution is -2.22. The van der Waals surface area contributed by atoms with Crippen molar-refractivity contribution in [3.63, 3.8) is 0 Å². The highest BCUT2D eigenvalue weighted by atomic mass is 16.5. The van der Waals surface area contributed by atoms with Gasteiger partial charge in [0.25, 0.3) is 5.56 Å². The third kappa shape index (κ3) is 2.88. The molecular weight excluding hydrogens is 200 g/mol. The maximum absolute atomic E-state index is 11.2. The molecule has 1 aromatic rings. The predicted octanol–water partition coefficient (Wildman–Crippen LogP) is 0.0455. The molecule has 0 saturated heterocycles. The van der Waals surface area contributed by atoms with Gasteiger partial charge in [0.15, 0.2) is 0 Å². The summed E-state index contributed by atoms with van der Waals surface area (Å²) >= 11 is 0. The summed E-state index contributed by atoms with van der Waals surface area (Å²) in [6.45, 7) is 1.82. The van der Waals surface area contributed by atoms with Gasteiger partial charge in [0.05, 0.1) is 6.10 Å². The number of ether oxygens (including phenoxy) is 1. The topological polar surface area (TPSA) is 92.3 Å². The fourth-order valence-corrected chi connectivity index (χ4v) is 1.04. The first-order chi connectivity index (χ1) is 7.04. The molecular formula is C9H12N2O4. The van der Waals surface area contributed by atoms with Gasteiger partial charge in [-0.3, -0.25) is 4.79 Å². The van der Waals surface area contributed by atoms with Gasteiger partial charge in [-0.2, -0.15) is 0 Å². The van der Waals surface area contributed by atoms with Crippen LogP contribution in [0.25, 0.3) is 0 Å². The molecule has 6 heteroatoms. The quantitative estimate of drug-likeness (QED) is 0.735. The van der Waals surface area contributed by atoms with E-state index in [0.29, 0.717) is 12.2 Å². The molecule has 0 saturated carbocycles. The number of nitrogens with one attached hydrogen (secondary N) is 1. The van der Waals surface area contributed by atoms with Gasteiger partial charge >= 0.3 is 5.97 Å². The normalized spacial score (nSPS) is 12.4. The van der Waals surface area contributed by atoms with Crippen molar-refractivity contribution in [2.75, 3.05) is 7.11 Å². The van der Waals surface area contributed by atoms with Crippen molar-refractivity contribution in [1.82, 2.24) is 9.97 Å². The zero-order valence-corrected chi connectivity index (χ0v) is 8.48. The van der Waals surface area contributed by atoms with Gasteiger partial charge in [-0.1, -0.05) is 0 Å². The Morgan fingerprint density at radius 1 is 1.73 bits per heavy atom. The molecule has 0 radical (unpaired) electrons. The fourth-order valence-electron chi connectivity index (χ4n) is 1.04. The van der Waals surface area contributed by atoms with Crippen LogP contribution in [0.3, 0.4) is 0 Å². The van der Waals surface area contributed by atoms with Crippen LogP contribution in [0.4, 0.5) is 0 Å². The van der Waals surface area contributed by atoms with Gasteiger partial charge in [-0.25, -0.2) is 9.78 Å². The van der Waals surface area contributed by atoms with Gasteiger partial charge in [0.2, 0.25) is 0 Å². The number of rotatable bonds is 4. The number of methoxy groups -OCH3 is 1. The van der Waals surface area contributed by atoms with Gasteiger partial charge in [0.1, 0.15) is 11.4 Å². The molecule has 0 aromatic carbocycles. The Balaban J connectivity index is 2.92. The van der Waals surface area contributed by atoms with Crippen LogP contribution in [-0.4, -0.2) is 34.3 Å². The van der Waals surface area contributed by atoms with Crippen molar-refractivity contribution < 1.29 is 14.6 Å². The van der Waals surface area contributed by atoms with E-state index in [9.17, 15) is 9.59 Å². The molecule has 1 rings (SSSR count). The van der Waals surface area contributed by atoms with Crippen molar-refractivity contribution in [1.29, 1.82) is 0 Å². The second kappa shape index (κ2) is 4.70. The minimum absolute atomic E-state index is 0.0798. The molecule has 0 aliphatic carbocycles. The highest BCUT2D eigenvalue weighted by Crippen LogP contribution is 1.97. The van der Waals surface area contributed by atoms with E-state index in [1.807, 2.05) is 6.92 Å². The van der Waals surface area contributed by atoms with Crippen LogP contribution >= 0.6 is 0 Å². The Morgan fingerprint density at radius 2 is 2.40 bits per heavy atom. The predicted molar refractivity (Wildman–Crippen MR) is 52.0 cm³/mol. The Hall–Kier alpha value is -1.69. The smallest absolute Gasteiger partial charge is 0.342 e. The van der Waals surface area contributed by atoms with Crippen LogP contribution in [0.1, 0.15) is 23.1 Å². The zero-order valence-electron chi connectivity index (χ0n) is 8.48. The zero-order chi connectivity index (χ0) is 11.4. The molecule has 0 aliphatic rings. The summed E-state index contributed by atoms with van der Waals surface area (Å²) in [4.78, 5) is 28.0. The Morgan fingerprint density at radius 3 is 2.87 bits per heavy atom. The standard InChI is InChI=1S/C9H12N2O4/c1-5(15-2)3-7-10-4-6(9(13)14)8(12)11-7/h4-5H,3H2,1-2H3,(H,13,14)(H,10,11,12). The van der Waals surface area contributed by atoms with Crippen molar-refractivity contribution >= 4 is 5.97 Å².